The lowest BCUT2D eigenvalue weighted by atomic mass is 10.1. The summed E-state index contributed by atoms with van der Waals surface area (Å²) in [4.78, 5) is 13.8. The summed E-state index contributed by atoms with van der Waals surface area (Å²) in [5.74, 6) is -0.422. The topological polar surface area (TPSA) is 101 Å². The lowest BCUT2D eigenvalue weighted by molar-refractivity contribution is 0.0724. The maximum atomic E-state index is 12.4. The van der Waals surface area contributed by atoms with Gasteiger partial charge < -0.3 is 10.0 Å². The Kier molecular flexibility index (Phi) is 4.01. The SMILES string of the molecule is Cc1cccc(C(=O)N2CCCC(S(N)(=O)=O)C2)c1O. The zero-order chi connectivity index (χ0) is 14.9. The highest BCUT2D eigenvalue weighted by molar-refractivity contribution is 7.89. The van der Waals surface area contributed by atoms with Gasteiger partial charge >= 0.3 is 0 Å². The average molecular weight is 298 g/mol. The van der Waals surface area contributed by atoms with Crippen LogP contribution in [-0.4, -0.2) is 42.7 Å². The molecule has 0 bridgehead atoms. The van der Waals surface area contributed by atoms with Gasteiger partial charge in [0.2, 0.25) is 10.0 Å². The Morgan fingerprint density at radius 1 is 1.45 bits per heavy atom. The molecule has 1 atom stereocenters. The normalized spacial score (nSPS) is 19.9. The first-order valence-corrected chi connectivity index (χ1v) is 8.01. The van der Waals surface area contributed by atoms with E-state index in [2.05, 4.69) is 0 Å². The number of primary sulfonamides is 1. The highest BCUT2D eigenvalue weighted by atomic mass is 32.2. The lowest BCUT2D eigenvalue weighted by Crippen LogP contribution is -2.47. The second-order valence-corrected chi connectivity index (χ2v) is 6.92. The summed E-state index contributed by atoms with van der Waals surface area (Å²) < 4.78 is 22.8. The van der Waals surface area contributed by atoms with Gasteiger partial charge in [-0.1, -0.05) is 12.1 Å². The van der Waals surface area contributed by atoms with Crippen molar-refractivity contribution in [3.63, 3.8) is 0 Å². The van der Waals surface area contributed by atoms with E-state index < -0.39 is 15.3 Å². The molecule has 0 saturated carbocycles. The molecule has 0 spiro atoms. The lowest BCUT2D eigenvalue weighted by Gasteiger charge is -2.31. The molecule has 1 heterocycles. The zero-order valence-corrected chi connectivity index (χ0v) is 12.1. The third-order valence-electron chi connectivity index (χ3n) is 3.60. The van der Waals surface area contributed by atoms with Crippen LogP contribution in [0.3, 0.4) is 0 Å². The van der Waals surface area contributed by atoms with Gasteiger partial charge in [-0.3, -0.25) is 4.79 Å². The van der Waals surface area contributed by atoms with E-state index in [1.807, 2.05) is 0 Å². The summed E-state index contributed by atoms with van der Waals surface area (Å²) in [6, 6.07) is 4.92. The first-order valence-electron chi connectivity index (χ1n) is 6.40. The smallest absolute Gasteiger partial charge is 0.257 e. The van der Waals surface area contributed by atoms with Crippen LogP contribution in [0, 0.1) is 6.92 Å². The van der Waals surface area contributed by atoms with Gasteiger partial charge in [-0.15, -0.1) is 0 Å². The molecular formula is C13H18N2O4S. The van der Waals surface area contributed by atoms with Crippen molar-refractivity contribution in [2.24, 2.45) is 5.14 Å². The number of hydrogen-bond donors (Lipinski definition) is 2. The minimum Gasteiger partial charge on any atom is -0.507 e. The van der Waals surface area contributed by atoms with Crippen molar-refractivity contribution in [3.05, 3.63) is 29.3 Å². The number of amides is 1. The van der Waals surface area contributed by atoms with Crippen molar-refractivity contribution in [3.8, 4) is 5.75 Å². The highest BCUT2D eigenvalue weighted by Crippen LogP contribution is 2.25. The number of sulfonamides is 1. The quantitative estimate of drug-likeness (QED) is 0.834. The van der Waals surface area contributed by atoms with Crippen LogP contribution in [-0.2, 0) is 10.0 Å². The van der Waals surface area contributed by atoms with E-state index in [-0.39, 0.29) is 23.8 Å². The molecular weight excluding hydrogens is 280 g/mol. The number of aromatic hydroxyl groups is 1. The van der Waals surface area contributed by atoms with E-state index in [1.54, 1.807) is 19.1 Å². The van der Waals surface area contributed by atoms with Gasteiger partial charge in [0.05, 0.1) is 10.8 Å². The third kappa shape index (κ3) is 2.94. The van der Waals surface area contributed by atoms with Crippen LogP contribution < -0.4 is 5.14 Å². The van der Waals surface area contributed by atoms with E-state index >= 15 is 0 Å². The highest BCUT2D eigenvalue weighted by Gasteiger charge is 2.31. The molecule has 1 unspecified atom stereocenters. The van der Waals surface area contributed by atoms with Crippen LogP contribution in [0.1, 0.15) is 28.8 Å². The second kappa shape index (κ2) is 5.41. The number of nitrogens with two attached hydrogens (primary N) is 1. The number of piperidine rings is 1. The molecule has 1 aliphatic heterocycles. The number of carbonyl (C=O) groups excluding carboxylic acids is 1. The number of hydrogen-bond acceptors (Lipinski definition) is 4. The fraction of sp³-hybridized carbons (Fsp3) is 0.462. The van der Waals surface area contributed by atoms with Gasteiger partial charge in [0.25, 0.3) is 5.91 Å². The Morgan fingerprint density at radius 2 is 2.15 bits per heavy atom. The number of para-hydroxylation sites is 1. The summed E-state index contributed by atoms with van der Waals surface area (Å²) in [7, 11) is -3.65. The fourth-order valence-electron chi connectivity index (χ4n) is 2.39. The van der Waals surface area contributed by atoms with Gasteiger partial charge in [-0.05, 0) is 31.4 Å². The van der Waals surface area contributed by atoms with Gasteiger partial charge in [-0.25, -0.2) is 13.6 Å². The number of aryl methyl sites for hydroxylation is 1. The van der Waals surface area contributed by atoms with Crippen molar-refractivity contribution in [2.45, 2.75) is 25.0 Å². The number of rotatable bonds is 2. The molecule has 3 N–H and O–H groups in total. The van der Waals surface area contributed by atoms with E-state index in [4.69, 9.17) is 5.14 Å². The first kappa shape index (κ1) is 14.8. The molecule has 1 aromatic rings. The fourth-order valence-corrected chi connectivity index (χ4v) is 3.28. The molecule has 1 amide bonds. The van der Waals surface area contributed by atoms with Crippen LogP contribution in [0.5, 0.6) is 5.75 Å². The second-order valence-electron chi connectivity index (χ2n) is 5.08. The molecule has 7 heteroatoms. The van der Waals surface area contributed by atoms with Crippen LogP contribution in [0.15, 0.2) is 18.2 Å². The van der Waals surface area contributed by atoms with Crippen molar-refractivity contribution >= 4 is 15.9 Å². The van der Waals surface area contributed by atoms with E-state index in [0.29, 0.717) is 24.9 Å². The molecule has 0 aromatic heterocycles. The summed E-state index contributed by atoms with van der Waals surface area (Å²) in [5.41, 5.74) is 0.802. The Morgan fingerprint density at radius 3 is 2.80 bits per heavy atom. The molecule has 1 aromatic carbocycles. The molecule has 0 radical (unpaired) electrons. The van der Waals surface area contributed by atoms with E-state index in [9.17, 15) is 18.3 Å². The number of likely N-dealkylation sites (tertiary alicyclic amines) is 1. The van der Waals surface area contributed by atoms with Gasteiger partial charge in [0.15, 0.2) is 0 Å². The van der Waals surface area contributed by atoms with Crippen molar-refractivity contribution in [1.82, 2.24) is 4.90 Å². The molecule has 6 nitrogen and oxygen atoms in total. The molecule has 20 heavy (non-hydrogen) atoms. The Hall–Kier alpha value is -1.60. The monoisotopic (exact) mass is 298 g/mol. The Balaban J connectivity index is 2.23. The standard InChI is InChI=1S/C13H18N2O4S/c1-9-4-2-6-11(12(9)16)13(17)15-7-3-5-10(8-15)20(14,18)19/h2,4,6,10,16H,3,5,7-8H2,1H3,(H2,14,18,19). The predicted molar refractivity (Wildman–Crippen MR) is 74.9 cm³/mol. The number of carbonyl (C=O) groups is 1. The Bertz CT molecular complexity index is 627. The van der Waals surface area contributed by atoms with Crippen LogP contribution >= 0.6 is 0 Å². The zero-order valence-electron chi connectivity index (χ0n) is 11.2. The minimum atomic E-state index is -3.65. The van der Waals surface area contributed by atoms with Crippen molar-refractivity contribution < 1.29 is 18.3 Å². The molecule has 2 rings (SSSR count). The molecule has 1 fully saturated rings. The average Bonchev–Trinajstić information content (AvgIpc) is 2.40. The third-order valence-corrected chi connectivity index (χ3v) is 4.91. The number of benzene rings is 1. The molecule has 1 aliphatic rings. The van der Waals surface area contributed by atoms with E-state index in [0.717, 1.165) is 0 Å². The predicted octanol–water partition coefficient (Wildman–Crippen LogP) is 0.594. The number of nitrogens with zero attached hydrogens (tertiary/aromatic N) is 1. The van der Waals surface area contributed by atoms with Crippen molar-refractivity contribution in [1.29, 1.82) is 0 Å². The molecule has 110 valence electrons. The number of phenolic OH excluding ortho intramolecular Hbond substituents is 1. The van der Waals surface area contributed by atoms with Crippen LogP contribution in [0.2, 0.25) is 0 Å². The minimum absolute atomic E-state index is 0.0600. The number of phenols is 1. The summed E-state index contributed by atoms with van der Waals surface area (Å²) >= 11 is 0. The van der Waals surface area contributed by atoms with Crippen LogP contribution in [0.25, 0.3) is 0 Å². The summed E-state index contributed by atoms with van der Waals surface area (Å²) in [6.07, 6.45) is 1.04. The molecule has 0 aliphatic carbocycles. The maximum Gasteiger partial charge on any atom is 0.257 e. The molecule has 1 saturated heterocycles. The van der Waals surface area contributed by atoms with E-state index in [1.165, 1.54) is 11.0 Å². The first-order chi connectivity index (χ1) is 9.30. The summed E-state index contributed by atoms with van der Waals surface area (Å²) in [5, 5.41) is 14.4. The maximum absolute atomic E-state index is 12.4. The van der Waals surface area contributed by atoms with Gasteiger partial charge in [0.1, 0.15) is 5.75 Å². The Labute approximate surface area is 118 Å². The van der Waals surface area contributed by atoms with Gasteiger partial charge in [0, 0.05) is 13.1 Å². The van der Waals surface area contributed by atoms with Gasteiger partial charge in [-0.2, -0.15) is 0 Å². The van der Waals surface area contributed by atoms with Crippen LogP contribution in [0.4, 0.5) is 0 Å². The summed E-state index contributed by atoms with van der Waals surface area (Å²) in [6.45, 7) is 2.25. The largest absolute Gasteiger partial charge is 0.507 e. The van der Waals surface area contributed by atoms with Crippen molar-refractivity contribution in [2.75, 3.05) is 13.1 Å².